The molecule has 0 saturated heterocycles. The summed E-state index contributed by atoms with van der Waals surface area (Å²) in [4.78, 5) is 21.1. The van der Waals surface area contributed by atoms with Crippen molar-refractivity contribution in [2.24, 2.45) is 0 Å². The minimum Gasteiger partial charge on any atom is -0.508 e. The first-order chi connectivity index (χ1) is 17.1. The Morgan fingerprint density at radius 3 is 2.60 bits per heavy atom. The zero-order valence-corrected chi connectivity index (χ0v) is 19.7. The van der Waals surface area contributed by atoms with E-state index in [4.69, 9.17) is 16.6 Å². The average molecular weight is 482 g/mol. The lowest BCUT2D eigenvalue weighted by Crippen LogP contribution is -2.32. The summed E-state index contributed by atoms with van der Waals surface area (Å²) in [7, 11) is 0. The van der Waals surface area contributed by atoms with E-state index in [2.05, 4.69) is 10.3 Å². The van der Waals surface area contributed by atoms with Crippen LogP contribution in [-0.2, 0) is 17.6 Å². The third kappa shape index (κ3) is 5.20. The molecule has 174 valence electrons. The maximum Gasteiger partial charge on any atom is 0.225 e. The van der Waals surface area contributed by atoms with Crippen LogP contribution in [-0.4, -0.2) is 21.0 Å². The van der Waals surface area contributed by atoms with E-state index >= 15 is 0 Å². The molecule has 0 radical (unpaired) electrons. The average Bonchev–Trinajstić information content (AvgIpc) is 3.26. The summed E-state index contributed by atoms with van der Waals surface area (Å²) in [5, 5.41) is 14.6. The number of benzene rings is 3. The van der Waals surface area contributed by atoms with Crippen molar-refractivity contribution in [2.75, 3.05) is 0 Å². The Morgan fingerprint density at radius 1 is 1.00 bits per heavy atom. The number of nitrogens with one attached hydrogen (secondary N) is 2. The van der Waals surface area contributed by atoms with Crippen LogP contribution in [0.25, 0.3) is 22.0 Å². The van der Waals surface area contributed by atoms with Crippen molar-refractivity contribution in [3.05, 3.63) is 119 Å². The van der Waals surface area contributed by atoms with E-state index in [1.54, 1.807) is 24.4 Å². The van der Waals surface area contributed by atoms with Crippen molar-refractivity contribution in [3.63, 3.8) is 0 Å². The number of carbonyl (C=O) groups is 1. The quantitative estimate of drug-likeness (QED) is 0.258. The highest BCUT2D eigenvalue weighted by molar-refractivity contribution is 6.30. The summed E-state index contributed by atoms with van der Waals surface area (Å²) < 4.78 is 0. The number of pyridine rings is 1. The standard InChI is InChI=1S/C29H24ClN3O2/c30-22-10-8-20(9-11-22)24-7-4-14-31-29(24)27(15-19-5-2-1-3-6-19)33-28(35)16-21-18-32-26-13-12-23(34)17-25(21)26/h1-14,17-18,27,32,34H,15-16H2,(H,33,35)/t27-/m0/s1. The molecular weight excluding hydrogens is 458 g/mol. The summed E-state index contributed by atoms with van der Waals surface area (Å²) in [6.45, 7) is 0. The second-order valence-corrected chi connectivity index (χ2v) is 8.91. The maximum absolute atomic E-state index is 13.3. The monoisotopic (exact) mass is 481 g/mol. The van der Waals surface area contributed by atoms with Crippen molar-refractivity contribution in [3.8, 4) is 16.9 Å². The molecule has 35 heavy (non-hydrogen) atoms. The van der Waals surface area contributed by atoms with Crippen LogP contribution in [0.15, 0.2) is 97.3 Å². The van der Waals surface area contributed by atoms with E-state index in [0.717, 1.165) is 38.9 Å². The first-order valence-electron chi connectivity index (χ1n) is 11.4. The van der Waals surface area contributed by atoms with Gasteiger partial charge in [-0.1, -0.05) is 60.1 Å². The highest BCUT2D eigenvalue weighted by atomic mass is 35.5. The zero-order chi connectivity index (χ0) is 24.2. The molecule has 5 nitrogen and oxygen atoms in total. The summed E-state index contributed by atoms with van der Waals surface area (Å²) in [5.74, 6) is 0.0460. The number of halogens is 1. The number of hydrogen-bond acceptors (Lipinski definition) is 3. The van der Waals surface area contributed by atoms with Gasteiger partial charge in [0.25, 0.3) is 0 Å². The maximum atomic E-state index is 13.3. The number of phenolic OH excluding ortho intramolecular Hbond substituents is 1. The number of phenols is 1. The molecule has 5 aromatic rings. The van der Waals surface area contributed by atoms with Crippen LogP contribution in [0.3, 0.4) is 0 Å². The molecule has 3 aromatic carbocycles. The van der Waals surface area contributed by atoms with E-state index in [1.807, 2.05) is 72.9 Å². The molecule has 0 aliphatic rings. The number of H-pyrrole nitrogens is 1. The number of aromatic amines is 1. The van der Waals surface area contributed by atoms with E-state index < -0.39 is 0 Å². The topological polar surface area (TPSA) is 78.0 Å². The highest BCUT2D eigenvalue weighted by Crippen LogP contribution is 2.30. The molecule has 2 aromatic heterocycles. The van der Waals surface area contributed by atoms with Gasteiger partial charge in [-0.3, -0.25) is 9.78 Å². The SMILES string of the molecule is O=C(Cc1c[nH]c2ccc(O)cc12)N[C@@H](Cc1ccccc1)c1ncccc1-c1ccc(Cl)cc1. The molecule has 0 unspecified atom stereocenters. The van der Waals surface area contributed by atoms with Crippen molar-refractivity contribution in [1.29, 1.82) is 0 Å². The lowest BCUT2D eigenvalue weighted by molar-refractivity contribution is -0.121. The van der Waals surface area contributed by atoms with Crippen LogP contribution in [0, 0.1) is 0 Å². The molecule has 0 aliphatic heterocycles. The van der Waals surface area contributed by atoms with Gasteiger partial charge in [-0.2, -0.15) is 0 Å². The molecule has 6 heteroatoms. The van der Waals surface area contributed by atoms with E-state index in [-0.39, 0.29) is 24.1 Å². The summed E-state index contributed by atoms with van der Waals surface area (Å²) in [6.07, 6.45) is 4.34. The third-order valence-corrected chi connectivity index (χ3v) is 6.30. The number of hydrogen-bond donors (Lipinski definition) is 3. The third-order valence-electron chi connectivity index (χ3n) is 6.04. The predicted octanol–water partition coefficient (Wildman–Crippen LogP) is 6.23. The predicted molar refractivity (Wildman–Crippen MR) is 139 cm³/mol. The first-order valence-corrected chi connectivity index (χ1v) is 11.8. The molecule has 0 bridgehead atoms. The Morgan fingerprint density at radius 2 is 1.80 bits per heavy atom. The Labute approximate surface area is 208 Å². The first kappa shape index (κ1) is 22.7. The number of aromatic nitrogens is 2. The number of nitrogens with zero attached hydrogens (tertiary/aromatic N) is 1. The number of amides is 1. The van der Waals surface area contributed by atoms with Crippen LogP contribution >= 0.6 is 11.6 Å². The van der Waals surface area contributed by atoms with E-state index in [1.165, 1.54) is 0 Å². The van der Waals surface area contributed by atoms with Crippen LogP contribution in [0.2, 0.25) is 5.02 Å². The lowest BCUT2D eigenvalue weighted by Gasteiger charge is -2.21. The van der Waals surface area contributed by atoms with Gasteiger partial charge in [0.15, 0.2) is 0 Å². The highest BCUT2D eigenvalue weighted by Gasteiger charge is 2.21. The molecule has 0 fully saturated rings. The van der Waals surface area contributed by atoms with Crippen molar-refractivity contribution in [2.45, 2.75) is 18.9 Å². The lowest BCUT2D eigenvalue weighted by atomic mass is 9.95. The number of aromatic hydroxyl groups is 1. The minimum absolute atomic E-state index is 0.122. The zero-order valence-electron chi connectivity index (χ0n) is 18.9. The molecule has 0 saturated carbocycles. The Balaban J connectivity index is 1.47. The number of carbonyl (C=O) groups excluding carboxylic acids is 1. The van der Waals surface area contributed by atoms with Gasteiger partial charge < -0.3 is 15.4 Å². The number of rotatable bonds is 7. The van der Waals surface area contributed by atoms with Crippen LogP contribution in [0.5, 0.6) is 5.75 Å². The molecular formula is C29H24ClN3O2. The molecule has 1 amide bonds. The normalized spacial score (nSPS) is 11.9. The molecule has 3 N–H and O–H groups in total. The molecule has 0 spiro atoms. The fourth-order valence-corrected chi connectivity index (χ4v) is 4.49. The molecule has 5 rings (SSSR count). The van der Waals surface area contributed by atoms with Gasteiger partial charge >= 0.3 is 0 Å². The van der Waals surface area contributed by atoms with Crippen molar-refractivity contribution >= 4 is 28.4 Å². The largest absolute Gasteiger partial charge is 0.508 e. The summed E-state index contributed by atoms with van der Waals surface area (Å²) >= 11 is 6.11. The molecule has 2 heterocycles. The van der Waals surface area contributed by atoms with Crippen LogP contribution < -0.4 is 5.32 Å². The fraction of sp³-hybridized carbons (Fsp3) is 0.103. The molecule has 0 aliphatic carbocycles. The Bertz CT molecular complexity index is 1460. The molecule has 1 atom stereocenters. The van der Waals surface area contributed by atoms with E-state index in [0.29, 0.717) is 11.4 Å². The fourth-order valence-electron chi connectivity index (χ4n) is 4.37. The second-order valence-electron chi connectivity index (χ2n) is 8.47. The van der Waals surface area contributed by atoms with Gasteiger partial charge in [0, 0.05) is 33.9 Å². The van der Waals surface area contributed by atoms with Crippen molar-refractivity contribution in [1.82, 2.24) is 15.3 Å². The number of fused-ring (bicyclic) bond motifs is 1. The Hall–Kier alpha value is -4.09. The smallest absolute Gasteiger partial charge is 0.225 e. The van der Waals surface area contributed by atoms with Gasteiger partial charge in [-0.25, -0.2) is 0 Å². The Kier molecular flexibility index (Phi) is 6.51. The second kappa shape index (κ2) is 10.0. The summed E-state index contributed by atoms with van der Waals surface area (Å²) in [6, 6.07) is 26.3. The van der Waals surface area contributed by atoms with E-state index in [9.17, 15) is 9.90 Å². The van der Waals surface area contributed by atoms with Crippen molar-refractivity contribution < 1.29 is 9.90 Å². The van der Waals surface area contributed by atoms with Gasteiger partial charge in [-0.15, -0.1) is 0 Å². The van der Waals surface area contributed by atoms with Gasteiger partial charge in [-0.05, 0) is 59.5 Å². The summed E-state index contributed by atoms with van der Waals surface area (Å²) in [5.41, 5.74) is 5.53. The van der Waals surface area contributed by atoms with Gasteiger partial charge in [0.1, 0.15) is 5.75 Å². The van der Waals surface area contributed by atoms with Gasteiger partial charge in [0.05, 0.1) is 18.2 Å². The minimum atomic E-state index is -0.338. The van der Waals surface area contributed by atoms with Crippen LogP contribution in [0.4, 0.5) is 0 Å². The van der Waals surface area contributed by atoms with Crippen LogP contribution in [0.1, 0.15) is 22.9 Å². The van der Waals surface area contributed by atoms with Gasteiger partial charge in [0.2, 0.25) is 5.91 Å².